The largest absolute Gasteiger partial charge is 0.487 e. The predicted octanol–water partition coefficient (Wildman–Crippen LogP) is 3.89. The molecule has 0 aliphatic rings. The molecule has 0 saturated heterocycles. The maximum absolute atomic E-state index is 12.2. The fourth-order valence-corrected chi connectivity index (χ4v) is 2.32. The molecule has 3 N–H and O–H groups in total. The van der Waals surface area contributed by atoms with Gasteiger partial charge in [0, 0.05) is 22.9 Å². The van der Waals surface area contributed by atoms with E-state index in [2.05, 4.69) is 25.5 Å². The number of nitrogens with one attached hydrogen (secondary N) is 1. The van der Waals surface area contributed by atoms with Crippen LogP contribution in [0.5, 0.6) is 5.75 Å². The number of hydrogen-bond acceptors (Lipinski definition) is 4. The Bertz CT molecular complexity index is 450. The standard InChI is InChI=1S/C15H24F2N2OS/c1-10(19-21-15(2,3)4)11-5-6-13(12(7-11)8-18)20-9-14(16)17/h5-7,10,14,19H,8-9,18H2,1-4H3. The number of halogens is 2. The maximum atomic E-state index is 12.2. The van der Waals surface area contributed by atoms with E-state index in [-0.39, 0.29) is 17.3 Å². The quantitative estimate of drug-likeness (QED) is 0.749. The Kier molecular flexibility index (Phi) is 6.90. The minimum absolute atomic E-state index is 0.116. The Labute approximate surface area is 129 Å². The van der Waals surface area contributed by atoms with Crippen molar-refractivity contribution >= 4 is 11.9 Å². The molecule has 0 radical (unpaired) electrons. The molecule has 0 bridgehead atoms. The van der Waals surface area contributed by atoms with E-state index < -0.39 is 13.0 Å². The highest BCUT2D eigenvalue weighted by molar-refractivity contribution is 7.98. The first-order chi connectivity index (χ1) is 9.73. The Balaban J connectivity index is 2.76. The van der Waals surface area contributed by atoms with Crippen LogP contribution in [0, 0.1) is 0 Å². The van der Waals surface area contributed by atoms with E-state index in [1.807, 2.05) is 19.1 Å². The summed E-state index contributed by atoms with van der Waals surface area (Å²) in [7, 11) is 0. The highest BCUT2D eigenvalue weighted by Crippen LogP contribution is 2.27. The van der Waals surface area contributed by atoms with Crippen LogP contribution in [0.4, 0.5) is 8.78 Å². The summed E-state index contributed by atoms with van der Waals surface area (Å²) in [5, 5.41) is 0. The van der Waals surface area contributed by atoms with Gasteiger partial charge in [0.2, 0.25) is 0 Å². The average Bonchev–Trinajstić information content (AvgIpc) is 2.41. The van der Waals surface area contributed by atoms with Crippen molar-refractivity contribution in [3.8, 4) is 5.75 Å². The van der Waals surface area contributed by atoms with Crippen molar-refractivity contribution in [2.45, 2.75) is 51.5 Å². The molecule has 1 rings (SSSR count). The SMILES string of the molecule is CC(NSC(C)(C)C)c1ccc(OCC(F)F)c(CN)c1. The number of hydrogen-bond donors (Lipinski definition) is 2. The van der Waals surface area contributed by atoms with Crippen molar-refractivity contribution in [3.63, 3.8) is 0 Å². The molecule has 1 aromatic carbocycles. The molecule has 1 unspecified atom stereocenters. The van der Waals surface area contributed by atoms with Gasteiger partial charge in [-0.25, -0.2) is 8.78 Å². The molecule has 120 valence electrons. The molecule has 21 heavy (non-hydrogen) atoms. The maximum Gasteiger partial charge on any atom is 0.272 e. The summed E-state index contributed by atoms with van der Waals surface area (Å²) in [4.78, 5) is 0. The second kappa shape index (κ2) is 7.96. The number of nitrogens with two attached hydrogens (primary N) is 1. The van der Waals surface area contributed by atoms with Crippen LogP contribution in [0.15, 0.2) is 18.2 Å². The van der Waals surface area contributed by atoms with Crippen molar-refractivity contribution in [2.24, 2.45) is 5.73 Å². The summed E-state index contributed by atoms with van der Waals surface area (Å²) in [6.07, 6.45) is -2.49. The average molecular weight is 318 g/mol. The lowest BCUT2D eigenvalue weighted by Gasteiger charge is -2.22. The van der Waals surface area contributed by atoms with Crippen LogP contribution in [0.3, 0.4) is 0 Å². The Morgan fingerprint density at radius 2 is 2.00 bits per heavy atom. The zero-order chi connectivity index (χ0) is 16.0. The van der Waals surface area contributed by atoms with Crippen LogP contribution in [-0.2, 0) is 6.54 Å². The molecule has 0 saturated carbocycles. The second-order valence-corrected chi connectivity index (χ2v) is 7.49. The molecular weight excluding hydrogens is 294 g/mol. The minimum Gasteiger partial charge on any atom is -0.487 e. The van der Waals surface area contributed by atoms with Gasteiger partial charge in [0.05, 0.1) is 0 Å². The number of ether oxygens (including phenoxy) is 1. The Hall–Kier alpha value is -0.850. The van der Waals surface area contributed by atoms with Crippen LogP contribution < -0.4 is 15.2 Å². The van der Waals surface area contributed by atoms with Crippen LogP contribution in [0.1, 0.15) is 44.9 Å². The van der Waals surface area contributed by atoms with Crippen molar-refractivity contribution in [3.05, 3.63) is 29.3 Å². The second-order valence-electron chi connectivity index (χ2n) is 5.83. The molecule has 0 fully saturated rings. The first-order valence-corrected chi connectivity index (χ1v) is 7.72. The van der Waals surface area contributed by atoms with Crippen LogP contribution in [0.25, 0.3) is 0 Å². The smallest absolute Gasteiger partial charge is 0.272 e. The molecule has 0 heterocycles. The summed E-state index contributed by atoms with van der Waals surface area (Å²) in [6, 6.07) is 5.62. The number of alkyl halides is 2. The first-order valence-electron chi connectivity index (χ1n) is 6.90. The lowest BCUT2D eigenvalue weighted by molar-refractivity contribution is 0.0814. The lowest BCUT2D eigenvalue weighted by Crippen LogP contribution is -2.20. The summed E-state index contributed by atoms with van der Waals surface area (Å²) < 4.78 is 33.0. The van der Waals surface area contributed by atoms with E-state index in [9.17, 15) is 8.78 Å². The van der Waals surface area contributed by atoms with Gasteiger partial charge in [-0.05, 0) is 45.4 Å². The minimum atomic E-state index is -2.49. The van der Waals surface area contributed by atoms with Gasteiger partial charge < -0.3 is 10.5 Å². The lowest BCUT2D eigenvalue weighted by atomic mass is 10.0. The van der Waals surface area contributed by atoms with Gasteiger partial charge in [0.1, 0.15) is 12.4 Å². The molecule has 0 aliphatic heterocycles. The van der Waals surface area contributed by atoms with E-state index in [0.29, 0.717) is 5.75 Å². The summed E-state index contributed by atoms with van der Waals surface area (Å²) in [5.41, 5.74) is 7.47. The predicted molar refractivity (Wildman–Crippen MR) is 84.7 cm³/mol. The van der Waals surface area contributed by atoms with Gasteiger partial charge in [0.25, 0.3) is 6.43 Å². The van der Waals surface area contributed by atoms with Gasteiger partial charge in [-0.2, -0.15) is 0 Å². The molecule has 0 aliphatic carbocycles. The topological polar surface area (TPSA) is 47.3 Å². The highest BCUT2D eigenvalue weighted by Gasteiger charge is 2.15. The normalized spacial score (nSPS) is 13.5. The third-order valence-electron chi connectivity index (χ3n) is 2.71. The highest BCUT2D eigenvalue weighted by atomic mass is 32.2. The Morgan fingerprint density at radius 1 is 1.33 bits per heavy atom. The molecular formula is C15H24F2N2OS. The van der Waals surface area contributed by atoms with E-state index in [4.69, 9.17) is 10.5 Å². The van der Waals surface area contributed by atoms with Gasteiger partial charge in [-0.3, -0.25) is 4.72 Å². The van der Waals surface area contributed by atoms with Gasteiger partial charge in [0.15, 0.2) is 0 Å². The zero-order valence-corrected chi connectivity index (χ0v) is 13.8. The van der Waals surface area contributed by atoms with Crippen LogP contribution >= 0.6 is 11.9 Å². The number of benzene rings is 1. The first kappa shape index (κ1) is 18.2. The van der Waals surface area contributed by atoms with E-state index in [0.717, 1.165) is 11.1 Å². The van der Waals surface area contributed by atoms with E-state index >= 15 is 0 Å². The molecule has 1 atom stereocenters. The van der Waals surface area contributed by atoms with Gasteiger partial charge in [-0.15, -0.1) is 0 Å². The summed E-state index contributed by atoms with van der Waals surface area (Å²) in [5.74, 6) is 0.428. The monoisotopic (exact) mass is 318 g/mol. The molecule has 0 spiro atoms. The fraction of sp³-hybridized carbons (Fsp3) is 0.600. The van der Waals surface area contributed by atoms with Crippen molar-refractivity contribution in [2.75, 3.05) is 6.61 Å². The van der Waals surface area contributed by atoms with E-state index in [1.165, 1.54) is 0 Å². The Morgan fingerprint density at radius 3 is 2.52 bits per heavy atom. The molecule has 0 amide bonds. The molecule has 6 heteroatoms. The van der Waals surface area contributed by atoms with Gasteiger partial charge in [-0.1, -0.05) is 18.0 Å². The van der Waals surface area contributed by atoms with Gasteiger partial charge >= 0.3 is 0 Å². The van der Waals surface area contributed by atoms with E-state index in [1.54, 1.807) is 18.0 Å². The zero-order valence-electron chi connectivity index (χ0n) is 13.0. The molecule has 0 aromatic heterocycles. The summed E-state index contributed by atoms with van der Waals surface area (Å²) >= 11 is 1.66. The van der Waals surface area contributed by atoms with Crippen molar-refractivity contribution in [1.29, 1.82) is 0 Å². The van der Waals surface area contributed by atoms with Crippen LogP contribution in [0.2, 0.25) is 0 Å². The third-order valence-corrected chi connectivity index (χ3v) is 3.79. The van der Waals surface area contributed by atoms with Crippen molar-refractivity contribution < 1.29 is 13.5 Å². The molecule has 1 aromatic rings. The third kappa shape index (κ3) is 6.63. The fourth-order valence-electron chi connectivity index (χ4n) is 1.66. The van der Waals surface area contributed by atoms with Crippen LogP contribution in [-0.4, -0.2) is 17.8 Å². The number of rotatable bonds is 7. The molecule has 3 nitrogen and oxygen atoms in total. The summed E-state index contributed by atoms with van der Waals surface area (Å²) in [6.45, 7) is 8.08. The van der Waals surface area contributed by atoms with Crippen molar-refractivity contribution in [1.82, 2.24) is 4.72 Å².